The van der Waals surface area contributed by atoms with Gasteiger partial charge in [0.2, 0.25) is 5.91 Å². The summed E-state index contributed by atoms with van der Waals surface area (Å²) in [6.07, 6.45) is 3.45. The van der Waals surface area contributed by atoms with Gasteiger partial charge in [-0.3, -0.25) is 14.7 Å². The maximum absolute atomic E-state index is 12.5. The van der Waals surface area contributed by atoms with Gasteiger partial charge in [-0.2, -0.15) is 0 Å². The molecule has 8 heteroatoms. The minimum absolute atomic E-state index is 0. The molecule has 150 valence electrons. The predicted octanol–water partition coefficient (Wildman–Crippen LogP) is 1.41. The number of piperazine rings is 1. The molecule has 1 aromatic heterocycles. The van der Waals surface area contributed by atoms with E-state index in [4.69, 9.17) is 9.47 Å². The van der Waals surface area contributed by atoms with Gasteiger partial charge in [-0.05, 0) is 23.8 Å². The van der Waals surface area contributed by atoms with Crippen LogP contribution in [-0.2, 0) is 4.79 Å². The minimum atomic E-state index is -0.180. The van der Waals surface area contributed by atoms with Crippen molar-refractivity contribution in [3.8, 4) is 11.5 Å². The summed E-state index contributed by atoms with van der Waals surface area (Å²) >= 11 is 0. The quantitative estimate of drug-likeness (QED) is 0.784. The first-order valence-electron chi connectivity index (χ1n) is 9.29. The highest BCUT2D eigenvalue weighted by atomic mass is 35.5. The molecule has 2 N–H and O–H groups in total. The molecule has 0 radical (unpaired) electrons. The van der Waals surface area contributed by atoms with E-state index in [1.54, 1.807) is 6.20 Å². The van der Waals surface area contributed by atoms with Gasteiger partial charge < -0.3 is 20.1 Å². The molecule has 2 aromatic rings. The van der Waals surface area contributed by atoms with E-state index in [2.05, 4.69) is 26.6 Å². The molecule has 1 aromatic carbocycles. The summed E-state index contributed by atoms with van der Waals surface area (Å²) in [5.74, 6) is 1.47. The van der Waals surface area contributed by atoms with Gasteiger partial charge >= 0.3 is 0 Å². The predicted molar refractivity (Wildman–Crippen MR) is 108 cm³/mol. The molecule has 0 saturated carbocycles. The molecule has 28 heavy (non-hydrogen) atoms. The molecule has 3 heterocycles. The number of ether oxygens (including phenoxy) is 2. The fourth-order valence-electron chi connectivity index (χ4n) is 3.47. The van der Waals surface area contributed by atoms with Crippen molar-refractivity contribution in [2.24, 2.45) is 0 Å². The van der Waals surface area contributed by atoms with E-state index in [0.717, 1.165) is 36.7 Å². The molecule has 2 atom stereocenters. The van der Waals surface area contributed by atoms with E-state index in [0.29, 0.717) is 19.7 Å². The fourth-order valence-corrected chi connectivity index (χ4v) is 3.47. The van der Waals surface area contributed by atoms with Gasteiger partial charge in [-0.25, -0.2) is 0 Å². The van der Waals surface area contributed by atoms with Crippen molar-refractivity contribution >= 4 is 18.3 Å². The van der Waals surface area contributed by atoms with E-state index in [-0.39, 0.29) is 30.5 Å². The van der Waals surface area contributed by atoms with Crippen LogP contribution in [0.15, 0.2) is 48.8 Å². The smallest absolute Gasteiger partial charge is 0.234 e. The number of carbonyl (C=O) groups excluding carboxylic acids is 1. The lowest BCUT2D eigenvalue weighted by Crippen LogP contribution is -2.50. The number of aromatic nitrogens is 1. The molecular formula is C20H25ClN4O3. The molecule has 1 saturated heterocycles. The largest absolute Gasteiger partial charge is 0.486 e. The lowest BCUT2D eigenvalue weighted by Gasteiger charge is -2.36. The van der Waals surface area contributed by atoms with E-state index in [9.17, 15) is 4.79 Å². The van der Waals surface area contributed by atoms with Crippen LogP contribution in [0, 0.1) is 0 Å². The number of nitrogens with zero attached hydrogens (tertiary/aromatic N) is 2. The number of hydrogen-bond acceptors (Lipinski definition) is 6. The van der Waals surface area contributed by atoms with Crippen molar-refractivity contribution in [3.63, 3.8) is 0 Å². The molecule has 2 aliphatic heterocycles. The van der Waals surface area contributed by atoms with Crippen LogP contribution in [0.4, 0.5) is 0 Å². The second-order valence-electron chi connectivity index (χ2n) is 6.78. The number of benzene rings is 1. The number of fused-ring (bicyclic) bond motifs is 1. The fraction of sp³-hybridized carbons (Fsp3) is 0.400. The third-order valence-electron chi connectivity index (χ3n) is 4.86. The van der Waals surface area contributed by atoms with Crippen LogP contribution in [0.5, 0.6) is 11.5 Å². The Morgan fingerprint density at radius 3 is 2.93 bits per heavy atom. The Morgan fingerprint density at radius 2 is 2.11 bits per heavy atom. The molecule has 0 spiro atoms. The van der Waals surface area contributed by atoms with E-state index >= 15 is 0 Å². The average molecular weight is 405 g/mol. The molecule has 4 rings (SSSR count). The Kier molecular flexibility index (Phi) is 7.08. The van der Waals surface area contributed by atoms with Crippen molar-refractivity contribution in [2.75, 3.05) is 39.3 Å². The van der Waals surface area contributed by atoms with Gasteiger partial charge in [-0.15, -0.1) is 12.4 Å². The number of halogens is 1. The molecule has 0 aliphatic carbocycles. The normalized spacial score (nSPS) is 21.4. The molecule has 7 nitrogen and oxygen atoms in total. The summed E-state index contributed by atoms with van der Waals surface area (Å²) < 4.78 is 11.6. The molecule has 2 aliphatic rings. The van der Waals surface area contributed by atoms with Crippen molar-refractivity contribution < 1.29 is 14.3 Å². The first kappa shape index (κ1) is 20.4. The monoisotopic (exact) mass is 404 g/mol. The van der Waals surface area contributed by atoms with Crippen molar-refractivity contribution in [1.82, 2.24) is 20.5 Å². The van der Waals surface area contributed by atoms with Gasteiger partial charge in [0.25, 0.3) is 0 Å². The third kappa shape index (κ3) is 4.92. The second-order valence-corrected chi connectivity index (χ2v) is 6.78. The van der Waals surface area contributed by atoms with Crippen LogP contribution < -0.4 is 20.1 Å². The van der Waals surface area contributed by atoms with E-state index in [1.165, 1.54) is 0 Å². The Hall–Kier alpha value is -2.35. The molecule has 1 amide bonds. The zero-order valence-electron chi connectivity index (χ0n) is 15.5. The molecule has 2 unspecified atom stereocenters. The summed E-state index contributed by atoms with van der Waals surface area (Å²) in [7, 11) is 0. The van der Waals surface area contributed by atoms with Crippen LogP contribution in [0.2, 0.25) is 0 Å². The number of para-hydroxylation sites is 2. The zero-order chi connectivity index (χ0) is 18.5. The summed E-state index contributed by atoms with van der Waals surface area (Å²) in [5.41, 5.74) is 1.12. The van der Waals surface area contributed by atoms with Crippen molar-refractivity contribution in [1.29, 1.82) is 0 Å². The highest BCUT2D eigenvalue weighted by Gasteiger charge is 2.26. The molecule has 1 fully saturated rings. The number of rotatable bonds is 5. The first-order chi connectivity index (χ1) is 13.3. The van der Waals surface area contributed by atoms with Crippen LogP contribution in [-0.4, -0.2) is 61.2 Å². The topological polar surface area (TPSA) is 75.7 Å². The number of carbonyl (C=O) groups is 1. The standard InChI is InChI=1S/C20H24N4O3.ClH/c25-20(23-11-16-14-26-18-5-1-2-6-19(18)27-16)13-24-9-8-22-12-17(24)15-4-3-7-21-10-15;/h1-7,10,16-17,22H,8-9,11-14H2,(H,23,25);1H. The SMILES string of the molecule is Cl.O=C(CN1CCNCC1c1cccnc1)NCC1COc2ccccc2O1. The van der Waals surface area contributed by atoms with Crippen LogP contribution in [0.3, 0.4) is 0 Å². The first-order valence-corrected chi connectivity index (χ1v) is 9.29. The summed E-state index contributed by atoms with van der Waals surface area (Å²) in [4.78, 5) is 18.9. The van der Waals surface area contributed by atoms with Crippen LogP contribution in [0.25, 0.3) is 0 Å². The number of pyridine rings is 1. The van der Waals surface area contributed by atoms with E-state index < -0.39 is 0 Å². The Bertz CT molecular complexity index is 777. The van der Waals surface area contributed by atoms with Crippen LogP contribution >= 0.6 is 12.4 Å². The van der Waals surface area contributed by atoms with Gasteiger partial charge in [0.1, 0.15) is 12.7 Å². The highest BCUT2D eigenvalue weighted by molar-refractivity contribution is 5.85. The van der Waals surface area contributed by atoms with Crippen LogP contribution in [0.1, 0.15) is 11.6 Å². The number of hydrogen-bond donors (Lipinski definition) is 2. The molecule has 0 bridgehead atoms. The van der Waals surface area contributed by atoms with Gasteiger partial charge in [0.15, 0.2) is 11.5 Å². The highest BCUT2D eigenvalue weighted by Crippen LogP contribution is 2.30. The maximum atomic E-state index is 12.5. The third-order valence-corrected chi connectivity index (χ3v) is 4.86. The van der Waals surface area contributed by atoms with Gasteiger partial charge in [-0.1, -0.05) is 18.2 Å². The average Bonchev–Trinajstić information content (AvgIpc) is 2.73. The number of amides is 1. The molecular weight excluding hydrogens is 380 g/mol. The maximum Gasteiger partial charge on any atom is 0.234 e. The Morgan fingerprint density at radius 1 is 1.25 bits per heavy atom. The summed E-state index contributed by atoms with van der Waals surface area (Å²) in [6, 6.07) is 11.7. The lowest BCUT2D eigenvalue weighted by atomic mass is 10.1. The zero-order valence-corrected chi connectivity index (χ0v) is 16.4. The van der Waals surface area contributed by atoms with Gasteiger partial charge in [0, 0.05) is 38.1 Å². The Balaban J connectivity index is 0.00000225. The summed E-state index contributed by atoms with van der Waals surface area (Å²) in [6.45, 7) is 3.73. The lowest BCUT2D eigenvalue weighted by molar-refractivity contribution is -0.123. The van der Waals surface area contributed by atoms with Crippen molar-refractivity contribution in [2.45, 2.75) is 12.1 Å². The van der Waals surface area contributed by atoms with Crippen molar-refractivity contribution in [3.05, 3.63) is 54.4 Å². The Labute approximate surface area is 170 Å². The number of nitrogens with one attached hydrogen (secondary N) is 2. The second kappa shape index (κ2) is 9.73. The van der Waals surface area contributed by atoms with Gasteiger partial charge in [0.05, 0.1) is 13.1 Å². The minimum Gasteiger partial charge on any atom is -0.486 e. The summed E-state index contributed by atoms with van der Waals surface area (Å²) in [5, 5.41) is 6.37. The van der Waals surface area contributed by atoms with E-state index in [1.807, 2.05) is 36.5 Å².